The van der Waals surface area contributed by atoms with E-state index in [2.05, 4.69) is 32.8 Å². The zero-order valence-corrected chi connectivity index (χ0v) is 11.0. The van der Waals surface area contributed by atoms with E-state index in [1.807, 2.05) is 6.92 Å². The van der Waals surface area contributed by atoms with Crippen LogP contribution >= 0.6 is 0 Å². The van der Waals surface area contributed by atoms with Crippen LogP contribution < -0.4 is 16.0 Å². The van der Waals surface area contributed by atoms with E-state index in [1.165, 1.54) is 0 Å². The summed E-state index contributed by atoms with van der Waals surface area (Å²) < 4.78 is 0. The van der Waals surface area contributed by atoms with E-state index in [0.29, 0.717) is 25.3 Å². The molecule has 0 radical (unpaired) electrons. The van der Waals surface area contributed by atoms with Crippen LogP contribution in [0.2, 0.25) is 0 Å². The third kappa shape index (κ3) is 5.47. The second-order valence-corrected chi connectivity index (χ2v) is 3.85. The molecule has 0 saturated heterocycles. The number of carbonyl (C=O) groups is 1. The molecule has 0 aliphatic heterocycles. The van der Waals surface area contributed by atoms with Crippen LogP contribution in [-0.2, 0) is 4.79 Å². The molecule has 1 amide bonds. The zero-order valence-electron chi connectivity index (χ0n) is 11.0. The molecule has 0 aliphatic rings. The van der Waals surface area contributed by atoms with E-state index in [0.717, 1.165) is 18.8 Å². The number of carbonyl (C=O) groups excluding carboxylic acids is 1. The second kappa shape index (κ2) is 8.27. The maximum atomic E-state index is 11.2. The normalized spacial score (nSPS) is 9.89. The standard InChI is InChI=1S/C12H21N5O/c1-3-6-15-10-8-13-9-11(17-10)16-7-5-12(18)14-4-2/h8-9H,3-7H2,1-2H3,(H,14,18)(H2,15,16,17). The van der Waals surface area contributed by atoms with Gasteiger partial charge in [0.2, 0.25) is 5.91 Å². The van der Waals surface area contributed by atoms with Gasteiger partial charge < -0.3 is 16.0 Å². The molecule has 0 saturated carbocycles. The first kappa shape index (κ1) is 14.2. The van der Waals surface area contributed by atoms with Gasteiger partial charge in [-0.2, -0.15) is 0 Å². The molecule has 1 aromatic rings. The number of nitrogens with one attached hydrogen (secondary N) is 3. The van der Waals surface area contributed by atoms with E-state index in [9.17, 15) is 4.79 Å². The quantitative estimate of drug-likeness (QED) is 0.648. The smallest absolute Gasteiger partial charge is 0.221 e. The van der Waals surface area contributed by atoms with Crippen molar-refractivity contribution in [2.45, 2.75) is 26.7 Å². The van der Waals surface area contributed by atoms with Crippen LogP contribution in [0.25, 0.3) is 0 Å². The minimum Gasteiger partial charge on any atom is -0.369 e. The average Bonchev–Trinajstić information content (AvgIpc) is 2.37. The average molecular weight is 251 g/mol. The molecule has 6 nitrogen and oxygen atoms in total. The van der Waals surface area contributed by atoms with Crippen LogP contribution in [0.4, 0.5) is 11.6 Å². The summed E-state index contributed by atoms with van der Waals surface area (Å²) in [7, 11) is 0. The molecule has 1 rings (SSSR count). The van der Waals surface area contributed by atoms with Crippen LogP contribution in [0.15, 0.2) is 12.4 Å². The van der Waals surface area contributed by atoms with Crippen LogP contribution in [-0.4, -0.2) is 35.5 Å². The van der Waals surface area contributed by atoms with Gasteiger partial charge in [-0.3, -0.25) is 9.78 Å². The highest BCUT2D eigenvalue weighted by molar-refractivity contribution is 5.76. The summed E-state index contributed by atoms with van der Waals surface area (Å²) in [5.74, 6) is 1.47. The number of anilines is 2. The van der Waals surface area contributed by atoms with Gasteiger partial charge in [0, 0.05) is 26.1 Å². The van der Waals surface area contributed by atoms with Crippen molar-refractivity contribution >= 4 is 17.5 Å². The minimum absolute atomic E-state index is 0.0400. The van der Waals surface area contributed by atoms with E-state index >= 15 is 0 Å². The number of aromatic nitrogens is 2. The Kier molecular flexibility index (Phi) is 6.53. The summed E-state index contributed by atoms with van der Waals surface area (Å²) in [5, 5.41) is 8.98. The SMILES string of the molecule is CCCNc1cncc(NCCC(=O)NCC)n1. The van der Waals surface area contributed by atoms with Crippen molar-refractivity contribution in [2.24, 2.45) is 0 Å². The van der Waals surface area contributed by atoms with Gasteiger partial charge in [0.1, 0.15) is 11.6 Å². The summed E-state index contributed by atoms with van der Waals surface area (Å²) in [6.07, 6.45) is 4.80. The number of amides is 1. The number of hydrogen-bond donors (Lipinski definition) is 3. The molecule has 0 spiro atoms. The van der Waals surface area contributed by atoms with Crippen molar-refractivity contribution in [3.05, 3.63) is 12.4 Å². The highest BCUT2D eigenvalue weighted by Crippen LogP contribution is 2.06. The molecule has 0 unspecified atom stereocenters. The number of hydrogen-bond acceptors (Lipinski definition) is 5. The molecule has 1 heterocycles. The van der Waals surface area contributed by atoms with E-state index < -0.39 is 0 Å². The Balaban J connectivity index is 2.35. The largest absolute Gasteiger partial charge is 0.369 e. The van der Waals surface area contributed by atoms with Crippen molar-refractivity contribution in [1.82, 2.24) is 15.3 Å². The summed E-state index contributed by atoms with van der Waals surface area (Å²) in [4.78, 5) is 19.7. The molecular formula is C12H21N5O. The first-order valence-corrected chi connectivity index (χ1v) is 6.32. The van der Waals surface area contributed by atoms with Gasteiger partial charge in [-0.05, 0) is 13.3 Å². The van der Waals surface area contributed by atoms with Gasteiger partial charge in [0.05, 0.1) is 12.4 Å². The molecule has 0 aromatic carbocycles. The van der Waals surface area contributed by atoms with Gasteiger partial charge in [-0.25, -0.2) is 4.98 Å². The third-order valence-electron chi connectivity index (χ3n) is 2.22. The molecule has 0 aliphatic carbocycles. The fourth-order valence-corrected chi connectivity index (χ4v) is 1.38. The topological polar surface area (TPSA) is 78.9 Å². The molecule has 100 valence electrons. The van der Waals surface area contributed by atoms with Crippen LogP contribution in [0.3, 0.4) is 0 Å². The van der Waals surface area contributed by atoms with Crippen molar-refractivity contribution in [2.75, 3.05) is 30.3 Å². The van der Waals surface area contributed by atoms with Crippen LogP contribution in [0.1, 0.15) is 26.7 Å². The molecule has 6 heteroatoms. The predicted molar refractivity (Wildman–Crippen MR) is 72.6 cm³/mol. The lowest BCUT2D eigenvalue weighted by molar-refractivity contribution is -0.120. The van der Waals surface area contributed by atoms with Gasteiger partial charge in [0.15, 0.2) is 0 Å². The fourth-order valence-electron chi connectivity index (χ4n) is 1.38. The molecule has 1 aromatic heterocycles. The monoisotopic (exact) mass is 251 g/mol. The lowest BCUT2D eigenvalue weighted by Gasteiger charge is -2.07. The van der Waals surface area contributed by atoms with Gasteiger partial charge in [0.25, 0.3) is 0 Å². The van der Waals surface area contributed by atoms with Crippen molar-refractivity contribution < 1.29 is 4.79 Å². The summed E-state index contributed by atoms with van der Waals surface area (Å²) in [6.45, 7) is 6.08. The van der Waals surface area contributed by atoms with E-state index in [-0.39, 0.29) is 5.91 Å². The molecule has 3 N–H and O–H groups in total. The molecule has 0 bridgehead atoms. The summed E-state index contributed by atoms with van der Waals surface area (Å²) in [5.41, 5.74) is 0. The van der Waals surface area contributed by atoms with Gasteiger partial charge in [-0.15, -0.1) is 0 Å². The van der Waals surface area contributed by atoms with Gasteiger partial charge >= 0.3 is 0 Å². The van der Waals surface area contributed by atoms with Crippen LogP contribution in [0, 0.1) is 0 Å². The summed E-state index contributed by atoms with van der Waals surface area (Å²) >= 11 is 0. The molecule has 0 atom stereocenters. The Morgan fingerprint density at radius 3 is 2.44 bits per heavy atom. The first-order valence-electron chi connectivity index (χ1n) is 6.32. The maximum absolute atomic E-state index is 11.2. The Hall–Kier alpha value is -1.85. The fraction of sp³-hybridized carbons (Fsp3) is 0.583. The Labute approximate surface area is 108 Å². The maximum Gasteiger partial charge on any atom is 0.221 e. The first-order chi connectivity index (χ1) is 8.76. The van der Waals surface area contributed by atoms with Gasteiger partial charge in [-0.1, -0.05) is 6.92 Å². The lowest BCUT2D eigenvalue weighted by atomic mass is 10.4. The molecular weight excluding hydrogens is 230 g/mol. The Morgan fingerprint density at radius 2 is 1.83 bits per heavy atom. The van der Waals surface area contributed by atoms with E-state index in [4.69, 9.17) is 0 Å². The summed E-state index contributed by atoms with van der Waals surface area (Å²) in [6, 6.07) is 0. The lowest BCUT2D eigenvalue weighted by Crippen LogP contribution is -2.24. The predicted octanol–water partition coefficient (Wildman–Crippen LogP) is 1.24. The second-order valence-electron chi connectivity index (χ2n) is 3.85. The zero-order chi connectivity index (χ0) is 13.2. The van der Waals surface area contributed by atoms with Crippen LogP contribution in [0.5, 0.6) is 0 Å². The Bertz CT molecular complexity index is 369. The number of rotatable bonds is 8. The third-order valence-corrected chi connectivity index (χ3v) is 2.22. The van der Waals surface area contributed by atoms with E-state index in [1.54, 1.807) is 12.4 Å². The van der Waals surface area contributed by atoms with Crippen molar-refractivity contribution in [3.8, 4) is 0 Å². The molecule has 0 fully saturated rings. The Morgan fingerprint density at radius 1 is 1.17 bits per heavy atom. The molecule has 18 heavy (non-hydrogen) atoms. The highest BCUT2D eigenvalue weighted by atomic mass is 16.1. The highest BCUT2D eigenvalue weighted by Gasteiger charge is 2.00. The van der Waals surface area contributed by atoms with Crippen molar-refractivity contribution in [1.29, 1.82) is 0 Å². The minimum atomic E-state index is 0.0400. The number of nitrogens with zero attached hydrogens (tertiary/aromatic N) is 2. The van der Waals surface area contributed by atoms with Crippen molar-refractivity contribution in [3.63, 3.8) is 0 Å².